The molecule has 2 aromatic heterocycles. The van der Waals surface area contributed by atoms with Crippen molar-refractivity contribution in [3.8, 4) is 0 Å². The number of aromatic nitrogens is 2. The fourth-order valence-electron chi connectivity index (χ4n) is 3.10. The van der Waals surface area contributed by atoms with E-state index in [9.17, 15) is 9.59 Å². The normalized spacial score (nSPS) is 12.4. The molecule has 0 spiro atoms. The zero-order chi connectivity index (χ0) is 21.7. The largest absolute Gasteiger partial charge is 0.349 e. The zero-order valence-electron chi connectivity index (χ0n) is 17.6. The molecule has 30 heavy (non-hydrogen) atoms. The van der Waals surface area contributed by atoms with Gasteiger partial charge in [-0.25, -0.2) is 0 Å². The van der Waals surface area contributed by atoms with Crippen molar-refractivity contribution in [2.24, 2.45) is 0 Å². The van der Waals surface area contributed by atoms with Gasteiger partial charge in [0.15, 0.2) is 5.69 Å². The second-order valence-corrected chi connectivity index (χ2v) is 9.68. The molecule has 0 saturated heterocycles. The van der Waals surface area contributed by atoms with E-state index in [2.05, 4.69) is 21.8 Å². The molecule has 0 unspecified atom stereocenters. The lowest BCUT2D eigenvalue weighted by molar-refractivity contribution is -0.127. The highest BCUT2D eigenvalue weighted by molar-refractivity contribution is 7.09. The molecule has 0 bridgehead atoms. The SMILES string of the molecule is CCc1ccc([C@@H](C(=O)NC(C)(C)C)N(Cc2cccs2)C(=O)c2csnn2)cc1. The third kappa shape index (κ3) is 5.52. The van der Waals surface area contributed by atoms with E-state index in [1.807, 2.05) is 62.5 Å². The molecule has 0 aliphatic heterocycles. The number of thiophene rings is 1. The standard InChI is InChI=1S/C22H26N4O2S2/c1-5-15-8-10-16(11-9-15)19(20(27)23-22(2,3)4)26(13-17-7-6-12-29-17)21(28)18-14-30-25-24-18/h6-12,14,19H,5,13H2,1-4H3,(H,23,27)/t19-/m0/s1. The van der Waals surface area contributed by atoms with Crippen LogP contribution in [0.5, 0.6) is 0 Å². The topological polar surface area (TPSA) is 75.2 Å². The minimum absolute atomic E-state index is 0.222. The van der Waals surface area contributed by atoms with Gasteiger partial charge < -0.3 is 10.2 Å². The Morgan fingerprint density at radius 3 is 2.43 bits per heavy atom. The quantitative estimate of drug-likeness (QED) is 0.586. The van der Waals surface area contributed by atoms with Gasteiger partial charge in [-0.3, -0.25) is 9.59 Å². The molecular weight excluding hydrogens is 416 g/mol. The Kier molecular flexibility index (Phi) is 6.99. The predicted octanol–water partition coefficient (Wildman–Crippen LogP) is 4.46. The number of nitrogens with one attached hydrogen (secondary N) is 1. The molecule has 2 heterocycles. The molecule has 158 valence electrons. The smallest absolute Gasteiger partial charge is 0.276 e. The summed E-state index contributed by atoms with van der Waals surface area (Å²) in [6.45, 7) is 8.18. The lowest BCUT2D eigenvalue weighted by atomic mass is 9.99. The number of aryl methyl sites for hydroxylation is 1. The van der Waals surface area contributed by atoms with Crippen molar-refractivity contribution in [2.75, 3.05) is 0 Å². The summed E-state index contributed by atoms with van der Waals surface area (Å²) in [6, 6.07) is 11.0. The van der Waals surface area contributed by atoms with E-state index in [-0.39, 0.29) is 17.5 Å². The minimum atomic E-state index is -0.786. The lowest BCUT2D eigenvalue weighted by Gasteiger charge is -2.33. The lowest BCUT2D eigenvalue weighted by Crippen LogP contribution is -2.49. The number of hydrogen-bond acceptors (Lipinski definition) is 6. The molecule has 0 fully saturated rings. The number of benzene rings is 1. The Hall–Kier alpha value is -2.58. The molecule has 0 aliphatic carbocycles. The van der Waals surface area contributed by atoms with Crippen LogP contribution in [0.4, 0.5) is 0 Å². The van der Waals surface area contributed by atoms with Gasteiger partial charge >= 0.3 is 0 Å². The molecule has 1 atom stereocenters. The van der Waals surface area contributed by atoms with Crippen molar-refractivity contribution in [3.05, 3.63) is 68.9 Å². The van der Waals surface area contributed by atoms with Gasteiger partial charge in [-0.2, -0.15) is 0 Å². The highest BCUT2D eigenvalue weighted by Crippen LogP contribution is 2.28. The van der Waals surface area contributed by atoms with Crippen LogP contribution in [0.15, 0.2) is 47.2 Å². The Morgan fingerprint density at radius 1 is 1.17 bits per heavy atom. The van der Waals surface area contributed by atoms with Crippen LogP contribution in [0.3, 0.4) is 0 Å². The van der Waals surface area contributed by atoms with Crippen molar-refractivity contribution in [2.45, 2.75) is 52.2 Å². The first kappa shape index (κ1) is 22.1. The maximum absolute atomic E-state index is 13.4. The van der Waals surface area contributed by atoms with Crippen LogP contribution in [0.1, 0.15) is 60.2 Å². The van der Waals surface area contributed by atoms with E-state index < -0.39 is 11.6 Å². The van der Waals surface area contributed by atoms with Gasteiger partial charge in [0.05, 0.1) is 6.54 Å². The van der Waals surface area contributed by atoms with Crippen LogP contribution in [-0.2, 0) is 17.8 Å². The number of amides is 2. The van der Waals surface area contributed by atoms with E-state index in [0.29, 0.717) is 6.54 Å². The second kappa shape index (κ2) is 9.49. The van der Waals surface area contributed by atoms with E-state index in [1.165, 1.54) is 5.56 Å². The van der Waals surface area contributed by atoms with Gasteiger partial charge in [0.2, 0.25) is 5.91 Å². The molecule has 3 aromatic rings. The van der Waals surface area contributed by atoms with Gasteiger partial charge in [0.1, 0.15) is 6.04 Å². The monoisotopic (exact) mass is 442 g/mol. The molecule has 0 radical (unpaired) electrons. The number of carbonyl (C=O) groups excluding carboxylic acids is 2. The maximum atomic E-state index is 13.4. The summed E-state index contributed by atoms with van der Waals surface area (Å²) in [5, 5.41) is 10.6. The molecule has 0 aliphatic rings. The summed E-state index contributed by atoms with van der Waals surface area (Å²) in [6.07, 6.45) is 0.904. The van der Waals surface area contributed by atoms with E-state index >= 15 is 0 Å². The molecular formula is C22H26N4O2S2. The second-order valence-electron chi connectivity index (χ2n) is 8.04. The Morgan fingerprint density at radius 2 is 1.90 bits per heavy atom. The number of rotatable bonds is 7. The van der Waals surface area contributed by atoms with Gasteiger partial charge in [0.25, 0.3) is 5.91 Å². The van der Waals surface area contributed by atoms with Gasteiger partial charge in [0, 0.05) is 15.8 Å². The van der Waals surface area contributed by atoms with E-state index in [1.54, 1.807) is 21.6 Å². The summed E-state index contributed by atoms with van der Waals surface area (Å²) >= 11 is 2.67. The summed E-state index contributed by atoms with van der Waals surface area (Å²) in [4.78, 5) is 29.4. The van der Waals surface area contributed by atoms with Crippen LogP contribution < -0.4 is 5.32 Å². The summed E-state index contributed by atoms with van der Waals surface area (Å²) < 4.78 is 3.83. The van der Waals surface area contributed by atoms with Crippen LogP contribution >= 0.6 is 22.9 Å². The Bertz CT molecular complexity index is 962. The molecule has 2 amide bonds. The Labute approximate surface area is 185 Å². The molecule has 1 N–H and O–H groups in total. The van der Waals surface area contributed by atoms with Gasteiger partial charge in [-0.05, 0) is 61.3 Å². The van der Waals surface area contributed by atoms with E-state index in [4.69, 9.17) is 0 Å². The van der Waals surface area contributed by atoms with E-state index in [0.717, 1.165) is 28.4 Å². The average molecular weight is 443 g/mol. The van der Waals surface area contributed by atoms with Crippen LogP contribution in [0.25, 0.3) is 0 Å². The third-order valence-electron chi connectivity index (χ3n) is 4.51. The summed E-state index contributed by atoms with van der Waals surface area (Å²) in [5.74, 6) is -0.536. The fourth-order valence-corrected chi connectivity index (χ4v) is 4.23. The highest BCUT2D eigenvalue weighted by atomic mass is 32.1. The van der Waals surface area contributed by atoms with Crippen molar-refractivity contribution in [3.63, 3.8) is 0 Å². The average Bonchev–Trinajstić information content (AvgIpc) is 3.40. The molecule has 8 heteroatoms. The zero-order valence-corrected chi connectivity index (χ0v) is 19.2. The number of hydrogen-bond donors (Lipinski definition) is 1. The fraction of sp³-hybridized carbons (Fsp3) is 0.364. The van der Waals surface area contributed by atoms with Crippen molar-refractivity contribution in [1.82, 2.24) is 19.8 Å². The maximum Gasteiger partial charge on any atom is 0.276 e. The first-order chi connectivity index (χ1) is 14.3. The van der Waals surface area contributed by atoms with Crippen molar-refractivity contribution in [1.29, 1.82) is 0 Å². The minimum Gasteiger partial charge on any atom is -0.349 e. The highest BCUT2D eigenvalue weighted by Gasteiger charge is 2.34. The first-order valence-electron chi connectivity index (χ1n) is 9.79. The summed E-state index contributed by atoms with van der Waals surface area (Å²) in [5.41, 5.74) is 1.75. The molecule has 6 nitrogen and oxygen atoms in total. The van der Waals surface area contributed by atoms with Crippen LogP contribution in [-0.4, -0.2) is 31.8 Å². The predicted molar refractivity (Wildman–Crippen MR) is 121 cm³/mol. The van der Waals surface area contributed by atoms with Crippen LogP contribution in [0.2, 0.25) is 0 Å². The Balaban J connectivity index is 2.06. The van der Waals surface area contributed by atoms with Crippen molar-refractivity contribution < 1.29 is 9.59 Å². The van der Waals surface area contributed by atoms with Crippen molar-refractivity contribution >= 4 is 34.7 Å². The third-order valence-corrected chi connectivity index (χ3v) is 5.87. The summed E-state index contributed by atoms with van der Waals surface area (Å²) in [7, 11) is 0. The number of carbonyl (C=O) groups is 2. The first-order valence-corrected chi connectivity index (χ1v) is 11.5. The molecule has 3 rings (SSSR count). The molecule has 0 saturated carbocycles. The van der Waals surface area contributed by atoms with Gasteiger partial charge in [-0.15, -0.1) is 16.4 Å². The number of nitrogens with zero attached hydrogens (tertiary/aromatic N) is 3. The van der Waals surface area contributed by atoms with Crippen LogP contribution in [0, 0.1) is 0 Å². The molecule has 1 aromatic carbocycles. The van der Waals surface area contributed by atoms with Gasteiger partial charge in [-0.1, -0.05) is 41.7 Å².